The first-order valence-corrected chi connectivity index (χ1v) is 7.70. The van der Waals surface area contributed by atoms with Gasteiger partial charge in [0, 0.05) is 0 Å². The molecule has 0 heterocycles. The summed E-state index contributed by atoms with van der Waals surface area (Å²) in [5, 5.41) is 3.12. The molecule has 0 radical (unpaired) electrons. The predicted molar refractivity (Wildman–Crippen MR) is 89.7 cm³/mol. The lowest BCUT2D eigenvalue weighted by Gasteiger charge is -2.14. The Hall–Kier alpha value is -2.04. The highest BCUT2D eigenvalue weighted by Gasteiger charge is 2.16. The average molecular weight is 352 g/mol. The molecule has 1 unspecified atom stereocenters. The Labute approximate surface area is 144 Å². The minimum Gasteiger partial charge on any atom is -0.452 e. The Bertz CT molecular complexity index is 704. The topological polar surface area (TPSA) is 55.4 Å². The molecule has 0 aliphatic carbocycles. The van der Waals surface area contributed by atoms with Gasteiger partial charge in [0.25, 0.3) is 5.91 Å². The molecular formula is C17H15Cl2NO3. The van der Waals surface area contributed by atoms with E-state index < -0.39 is 18.5 Å². The lowest BCUT2D eigenvalue weighted by atomic mass is 10.1. The van der Waals surface area contributed by atoms with Crippen LogP contribution in [-0.4, -0.2) is 18.5 Å². The predicted octanol–water partition coefficient (Wildman–Crippen LogP) is 4.03. The first-order valence-electron chi connectivity index (χ1n) is 6.94. The zero-order valence-corrected chi connectivity index (χ0v) is 13.9. The third kappa shape index (κ3) is 4.71. The molecule has 4 nitrogen and oxygen atoms in total. The van der Waals surface area contributed by atoms with E-state index in [0.717, 1.165) is 5.56 Å². The first kappa shape index (κ1) is 17.3. The van der Waals surface area contributed by atoms with Gasteiger partial charge in [-0.15, -0.1) is 0 Å². The fourth-order valence-electron chi connectivity index (χ4n) is 1.98. The standard InChI is InChI=1S/C17H15Cl2NO3/c1-11(12-6-3-2-4-7-12)20-15(21)10-23-17(22)13-8-5-9-14(18)16(13)19/h2-9,11H,10H2,1H3,(H,20,21). The zero-order valence-electron chi connectivity index (χ0n) is 12.4. The lowest BCUT2D eigenvalue weighted by molar-refractivity contribution is -0.124. The van der Waals surface area contributed by atoms with Crippen LogP contribution in [0.5, 0.6) is 0 Å². The van der Waals surface area contributed by atoms with E-state index in [0.29, 0.717) is 0 Å². The molecule has 1 N–H and O–H groups in total. The van der Waals surface area contributed by atoms with Gasteiger partial charge in [0.05, 0.1) is 21.7 Å². The van der Waals surface area contributed by atoms with Gasteiger partial charge in [-0.1, -0.05) is 59.6 Å². The number of ether oxygens (including phenoxy) is 1. The smallest absolute Gasteiger partial charge is 0.340 e. The SMILES string of the molecule is CC(NC(=O)COC(=O)c1cccc(Cl)c1Cl)c1ccccc1. The number of nitrogens with one attached hydrogen (secondary N) is 1. The number of hydrogen-bond donors (Lipinski definition) is 1. The number of carbonyl (C=O) groups is 2. The summed E-state index contributed by atoms with van der Waals surface area (Å²) in [5.74, 6) is -1.09. The zero-order chi connectivity index (χ0) is 16.8. The summed E-state index contributed by atoms with van der Waals surface area (Å²) < 4.78 is 4.97. The molecule has 0 saturated heterocycles. The fraction of sp³-hybridized carbons (Fsp3) is 0.176. The Morgan fingerprint density at radius 2 is 1.78 bits per heavy atom. The highest BCUT2D eigenvalue weighted by molar-refractivity contribution is 6.43. The van der Waals surface area contributed by atoms with E-state index in [1.165, 1.54) is 6.07 Å². The summed E-state index contributed by atoms with van der Waals surface area (Å²) in [6, 6.07) is 13.9. The van der Waals surface area contributed by atoms with E-state index in [9.17, 15) is 9.59 Å². The maximum Gasteiger partial charge on any atom is 0.340 e. The summed E-state index contributed by atoms with van der Waals surface area (Å²) in [5.41, 5.74) is 1.09. The van der Waals surface area contributed by atoms with Crippen LogP contribution in [0.3, 0.4) is 0 Å². The number of amides is 1. The van der Waals surface area contributed by atoms with Gasteiger partial charge in [0.15, 0.2) is 6.61 Å². The van der Waals surface area contributed by atoms with Crippen LogP contribution in [0.2, 0.25) is 10.0 Å². The van der Waals surface area contributed by atoms with Crippen molar-refractivity contribution in [3.63, 3.8) is 0 Å². The second-order valence-corrected chi connectivity index (χ2v) is 5.66. The number of carbonyl (C=O) groups excluding carboxylic acids is 2. The van der Waals surface area contributed by atoms with E-state index in [2.05, 4.69) is 5.32 Å². The molecule has 0 bridgehead atoms. The van der Waals surface area contributed by atoms with Crippen LogP contribution in [0.1, 0.15) is 28.9 Å². The molecule has 0 aromatic heterocycles. The van der Waals surface area contributed by atoms with Gasteiger partial charge in [-0.25, -0.2) is 4.79 Å². The van der Waals surface area contributed by atoms with Gasteiger partial charge in [0.2, 0.25) is 0 Å². The summed E-state index contributed by atoms with van der Waals surface area (Å²) >= 11 is 11.8. The Balaban J connectivity index is 1.89. The monoisotopic (exact) mass is 351 g/mol. The van der Waals surface area contributed by atoms with E-state index in [4.69, 9.17) is 27.9 Å². The molecule has 0 aliphatic heterocycles. The number of halogens is 2. The van der Waals surface area contributed by atoms with E-state index in [1.54, 1.807) is 12.1 Å². The van der Waals surface area contributed by atoms with Crippen LogP contribution in [0.25, 0.3) is 0 Å². The molecule has 2 aromatic rings. The van der Waals surface area contributed by atoms with Crippen molar-refractivity contribution in [3.8, 4) is 0 Å². The number of hydrogen-bond acceptors (Lipinski definition) is 3. The normalized spacial score (nSPS) is 11.6. The van der Waals surface area contributed by atoms with Crippen molar-refractivity contribution in [2.75, 3.05) is 6.61 Å². The lowest BCUT2D eigenvalue weighted by Crippen LogP contribution is -2.31. The Morgan fingerprint density at radius 3 is 2.48 bits per heavy atom. The summed E-state index contributed by atoms with van der Waals surface area (Å²) in [4.78, 5) is 23.8. The molecular weight excluding hydrogens is 337 g/mol. The Kier molecular flexibility index (Phi) is 6.02. The van der Waals surface area contributed by atoms with Crippen LogP contribution in [0.4, 0.5) is 0 Å². The number of benzene rings is 2. The summed E-state index contributed by atoms with van der Waals surface area (Å²) in [6.45, 7) is 1.46. The summed E-state index contributed by atoms with van der Waals surface area (Å²) in [6.07, 6.45) is 0. The maximum absolute atomic E-state index is 11.9. The largest absolute Gasteiger partial charge is 0.452 e. The van der Waals surface area contributed by atoms with Gasteiger partial charge in [-0.05, 0) is 24.6 Å². The second-order valence-electron chi connectivity index (χ2n) is 4.88. The molecule has 1 atom stereocenters. The van der Waals surface area contributed by atoms with Gasteiger partial charge in [-0.3, -0.25) is 4.79 Å². The second kappa shape index (κ2) is 7.99. The van der Waals surface area contributed by atoms with Crippen molar-refractivity contribution in [3.05, 3.63) is 69.7 Å². The molecule has 2 rings (SSSR count). The van der Waals surface area contributed by atoms with Crippen LogP contribution in [0, 0.1) is 0 Å². The molecule has 2 aromatic carbocycles. The minimum atomic E-state index is -0.694. The molecule has 0 saturated carbocycles. The average Bonchev–Trinajstić information content (AvgIpc) is 2.56. The first-order chi connectivity index (χ1) is 11.0. The molecule has 0 spiro atoms. The van der Waals surface area contributed by atoms with Gasteiger partial charge in [0.1, 0.15) is 0 Å². The van der Waals surface area contributed by atoms with Crippen molar-refractivity contribution in [2.45, 2.75) is 13.0 Å². The van der Waals surface area contributed by atoms with E-state index in [1.807, 2.05) is 37.3 Å². The van der Waals surface area contributed by atoms with Gasteiger partial charge < -0.3 is 10.1 Å². The Morgan fingerprint density at radius 1 is 1.09 bits per heavy atom. The molecule has 1 amide bonds. The van der Waals surface area contributed by atoms with Crippen molar-refractivity contribution < 1.29 is 14.3 Å². The van der Waals surface area contributed by atoms with E-state index in [-0.39, 0.29) is 21.7 Å². The van der Waals surface area contributed by atoms with Crippen LogP contribution < -0.4 is 5.32 Å². The fourth-order valence-corrected chi connectivity index (χ4v) is 2.36. The van der Waals surface area contributed by atoms with Crippen LogP contribution in [0.15, 0.2) is 48.5 Å². The minimum absolute atomic E-state index is 0.109. The van der Waals surface area contributed by atoms with Crippen molar-refractivity contribution >= 4 is 35.1 Å². The van der Waals surface area contributed by atoms with Crippen LogP contribution >= 0.6 is 23.2 Å². The highest BCUT2D eigenvalue weighted by Crippen LogP contribution is 2.25. The number of rotatable bonds is 5. The molecule has 0 aliphatic rings. The third-order valence-corrected chi connectivity index (χ3v) is 4.00. The third-order valence-electron chi connectivity index (χ3n) is 3.18. The van der Waals surface area contributed by atoms with Gasteiger partial charge in [-0.2, -0.15) is 0 Å². The summed E-state index contributed by atoms with van der Waals surface area (Å²) in [7, 11) is 0. The van der Waals surface area contributed by atoms with Crippen molar-refractivity contribution in [1.82, 2.24) is 5.32 Å². The highest BCUT2D eigenvalue weighted by atomic mass is 35.5. The van der Waals surface area contributed by atoms with Crippen molar-refractivity contribution in [1.29, 1.82) is 0 Å². The van der Waals surface area contributed by atoms with Crippen molar-refractivity contribution in [2.24, 2.45) is 0 Å². The maximum atomic E-state index is 11.9. The molecule has 6 heteroatoms. The quantitative estimate of drug-likeness (QED) is 0.827. The molecule has 23 heavy (non-hydrogen) atoms. The van der Waals surface area contributed by atoms with E-state index >= 15 is 0 Å². The molecule has 120 valence electrons. The van der Waals surface area contributed by atoms with Gasteiger partial charge >= 0.3 is 5.97 Å². The molecule has 0 fully saturated rings. The van der Waals surface area contributed by atoms with Crippen LogP contribution in [-0.2, 0) is 9.53 Å². The number of esters is 1.